The molecule has 0 radical (unpaired) electrons. The number of hydrogen-bond donors (Lipinski definition) is 0. The smallest absolute Gasteiger partial charge is 0.329 e. The second kappa shape index (κ2) is 8.26. The van der Waals surface area contributed by atoms with Gasteiger partial charge in [0.15, 0.2) is 0 Å². The number of carbonyl (C=O) groups is 2. The summed E-state index contributed by atoms with van der Waals surface area (Å²) in [7, 11) is 0. The van der Waals surface area contributed by atoms with Crippen molar-refractivity contribution in [2.24, 2.45) is 11.8 Å². The maximum atomic E-state index is 13.1. The van der Waals surface area contributed by atoms with E-state index in [1.54, 1.807) is 40.9 Å². The van der Waals surface area contributed by atoms with Gasteiger partial charge in [0.2, 0.25) is 0 Å². The Kier molecular flexibility index (Phi) is 6.58. The highest BCUT2D eigenvalue weighted by atomic mass is 35.5. The summed E-state index contributed by atoms with van der Waals surface area (Å²) in [6, 6.07) is 6.38. The zero-order chi connectivity index (χ0) is 17.9. The summed E-state index contributed by atoms with van der Waals surface area (Å²) in [6.45, 7) is 8.43. The highest BCUT2D eigenvalue weighted by Gasteiger charge is 2.44. The van der Waals surface area contributed by atoms with Crippen molar-refractivity contribution < 1.29 is 14.3 Å². The van der Waals surface area contributed by atoms with Gasteiger partial charge in [-0.2, -0.15) is 0 Å². The average Bonchev–Trinajstić information content (AvgIpc) is 2.97. The third-order valence-electron chi connectivity index (χ3n) is 3.77. The van der Waals surface area contributed by atoms with Gasteiger partial charge in [0.25, 0.3) is 5.91 Å². The minimum absolute atomic E-state index is 0.0645. The maximum Gasteiger partial charge on any atom is 0.329 e. The Morgan fingerprint density at radius 1 is 1.29 bits per heavy atom. The molecule has 2 atom stereocenters. The van der Waals surface area contributed by atoms with E-state index in [1.165, 1.54) is 0 Å². The van der Waals surface area contributed by atoms with Crippen LogP contribution in [0.15, 0.2) is 24.3 Å². The molecule has 1 aromatic rings. The van der Waals surface area contributed by atoms with Crippen molar-refractivity contribution in [1.82, 2.24) is 4.90 Å². The fraction of sp³-hybridized carbons (Fsp3) is 0.556. The first-order valence-electron chi connectivity index (χ1n) is 8.18. The van der Waals surface area contributed by atoms with Crippen molar-refractivity contribution in [3.05, 3.63) is 34.9 Å². The van der Waals surface area contributed by atoms with E-state index in [4.69, 9.17) is 16.3 Å². The lowest BCUT2D eigenvalue weighted by Gasteiger charge is -2.31. The first kappa shape index (κ1) is 19.1. The van der Waals surface area contributed by atoms with Gasteiger partial charge in [-0.25, -0.2) is 4.79 Å². The molecule has 0 aliphatic carbocycles. The third-order valence-corrected chi connectivity index (χ3v) is 5.73. The second-order valence-electron chi connectivity index (χ2n) is 6.70. The van der Waals surface area contributed by atoms with Gasteiger partial charge in [-0.15, -0.1) is 11.8 Å². The van der Waals surface area contributed by atoms with E-state index in [2.05, 4.69) is 0 Å². The summed E-state index contributed by atoms with van der Waals surface area (Å²) in [5, 5.41) is 0.335. The van der Waals surface area contributed by atoms with Gasteiger partial charge in [0, 0.05) is 5.75 Å². The van der Waals surface area contributed by atoms with Crippen LogP contribution >= 0.6 is 23.4 Å². The number of halogens is 1. The van der Waals surface area contributed by atoms with Crippen molar-refractivity contribution in [3.63, 3.8) is 0 Å². The lowest BCUT2D eigenvalue weighted by molar-refractivity contribution is -0.149. The summed E-state index contributed by atoms with van der Waals surface area (Å²) >= 11 is 7.80. The first-order chi connectivity index (χ1) is 11.3. The molecule has 0 saturated carbocycles. The molecule has 0 bridgehead atoms. The van der Waals surface area contributed by atoms with Crippen molar-refractivity contribution in [2.75, 3.05) is 12.4 Å². The van der Waals surface area contributed by atoms with Crippen LogP contribution in [-0.2, 0) is 9.53 Å². The number of hydrogen-bond acceptors (Lipinski definition) is 4. The van der Waals surface area contributed by atoms with E-state index < -0.39 is 6.04 Å². The number of nitrogens with zero attached hydrogens (tertiary/aromatic N) is 1. The number of carbonyl (C=O) groups excluding carboxylic acids is 2. The van der Waals surface area contributed by atoms with Crippen LogP contribution in [-0.4, -0.2) is 40.6 Å². The molecule has 0 spiro atoms. The lowest BCUT2D eigenvalue weighted by atomic mass is 10.1. The number of benzene rings is 1. The Labute approximate surface area is 152 Å². The number of ether oxygens (including phenoxy) is 1. The fourth-order valence-corrected chi connectivity index (χ4v) is 4.28. The Hall–Kier alpha value is -1.20. The summed E-state index contributed by atoms with van der Waals surface area (Å²) in [5.74, 6) is 0.493. The highest BCUT2D eigenvalue weighted by Crippen LogP contribution is 2.36. The van der Waals surface area contributed by atoms with Gasteiger partial charge in [-0.05, 0) is 24.0 Å². The summed E-state index contributed by atoms with van der Waals surface area (Å²) in [6.07, 6.45) is 0. The van der Waals surface area contributed by atoms with Crippen LogP contribution in [0.4, 0.5) is 0 Å². The first-order valence-corrected chi connectivity index (χ1v) is 9.61. The van der Waals surface area contributed by atoms with Crippen molar-refractivity contribution >= 4 is 35.2 Å². The van der Waals surface area contributed by atoms with Gasteiger partial charge >= 0.3 is 5.97 Å². The fourth-order valence-electron chi connectivity index (χ4n) is 2.60. The predicted molar refractivity (Wildman–Crippen MR) is 98.3 cm³/mol. The van der Waals surface area contributed by atoms with Gasteiger partial charge in [-0.3, -0.25) is 4.79 Å². The Morgan fingerprint density at radius 2 is 1.96 bits per heavy atom. The van der Waals surface area contributed by atoms with E-state index in [0.717, 1.165) is 0 Å². The zero-order valence-electron chi connectivity index (χ0n) is 14.5. The standard InChI is InChI=1S/C18H24ClNO3S/c1-11(2)9-23-18(22)15-10-24-17(12(3)4)20(15)16(21)13-7-5-6-8-14(13)19/h5-8,11-12,15,17H,9-10H2,1-4H3. The maximum absolute atomic E-state index is 13.1. The molecule has 1 fully saturated rings. The minimum Gasteiger partial charge on any atom is -0.464 e. The van der Waals surface area contributed by atoms with Crippen LogP contribution in [0, 0.1) is 11.8 Å². The summed E-state index contributed by atoms with van der Waals surface area (Å²) in [5.41, 5.74) is 0.425. The molecule has 1 amide bonds. The van der Waals surface area contributed by atoms with E-state index >= 15 is 0 Å². The van der Waals surface area contributed by atoms with Gasteiger partial charge in [0.1, 0.15) is 6.04 Å². The largest absolute Gasteiger partial charge is 0.464 e. The topological polar surface area (TPSA) is 46.6 Å². The van der Waals surface area contributed by atoms with Gasteiger partial charge in [0.05, 0.1) is 22.6 Å². The van der Waals surface area contributed by atoms with Crippen LogP contribution in [0.3, 0.4) is 0 Å². The molecule has 132 valence electrons. The van der Waals surface area contributed by atoms with Crippen molar-refractivity contribution in [1.29, 1.82) is 0 Å². The zero-order valence-corrected chi connectivity index (χ0v) is 16.1. The molecule has 1 aliphatic heterocycles. The van der Waals surface area contributed by atoms with E-state index in [1.807, 2.05) is 27.7 Å². The monoisotopic (exact) mass is 369 g/mol. The van der Waals surface area contributed by atoms with Crippen LogP contribution in [0.25, 0.3) is 0 Å². The SMILES string of the molecule is CC(C)COC(=O)C1CSC(C(C)C)N1C(=O)c1ccccc1Cl. The van der Waals surface area contributed by atoms with Crippen LogP contribution in [0.1, 0.15) is 38.1 Å². The van der Waals surface area contributed by atoms with Crippen LogP contribution in [0.2, 0.25) is 5.02 Å². The van der Waals surface area contributed by atoms with E-state index in [-0.39, 0.29) is 29.1 Å². The molecule has 2 unspecified atom stereocenters. The molecular formula is C18H24ClNO3S. The molecule has 1 aromatic carbocycles. The molecular weight excluding hydrogens is 346 g/mol. The minimum atomic E-state index is -0.565. The van der Waals surface area contributed by atoms with Crippen molar-refractivity contribution in [3.8, 4) is 0 Å². The number of thioether (sulfide) groups is 1. The molecule has 1 saturated heterocycles. The number of esters is 1. The average molecular weight is 370 g/mol. The lowest BCUT2D eigenvalue weighted by Crippen LogP contribution is -2.48. The quantitative estimate of drug-likeness (QED) is 0.734. The number of rotatable bonds is 5. The molecule has 2 rings (SSSR count). The van der Waals surface area contributed by atoms with Crippen LogP contribution in [0.5, 0.6) is 0 Å². The Morgan fingerprint density at radius 3 is 2.54 bits per heavy atom. The van der Waals surface area contributed by atoms with E-state index in [9.17, 15) is 9.59 Å². The van der Waals surface area contributed by atoms with E-state index in [0.29, 0.717) is 22.9 Å². The second-order valence-corrected chi connectivity index (χ2v) is 8.26. The summed E-state index contributed by atoms with van der Waals surface area (Å²) in [4.78, 5) is 27.2. The third kappa shape index (κ3) is 4.25. The number of amides is 1. The Bertz CT molecular complexity index is 606. The predicted octanol–water partition coefficient (Wildman–Crippen LogP) is 4.08. The summed E-state index contributed by atoms with van der Waals surface area (Å²) < 4.78 is 5.38. The molecule has 24 heavy (non-hydrogen) atoms. The molecule has 6 heteroatoms. The molecule has 1 aliphatic rings. The molecule has 1 heterocycles. The molecule has 0 N–H and O–H groups in total. The highest BCUT2D eigenvalue weighted by molar-refractivity contribution is 8.00. The van der Waals surface area contributed by atoms with Crippen molar-refractivity contribution in [2.45, 2.75) is 39.1 Å². The van der Waals surface area contributed by atoms with Gasteiger partial charge < -0.3 is 9.64 Å². The molecule has 0 aromatic heterocycles. The molecule has 4 nitrogen and oxygen atoms in total. The normalized spacial score (nSPS) is 20.7. The Balaban J connectivity index is 2.27. The van der Waals surface area contributed by atoms with Gasteiger partial charge in [-0.1, -0.05) is 51.4 Å². The van der Waals surface area contributed by atoms with Crippen LogP contribution < -0.4 is 0 Å².